The molecule has 0 unspecified atom stereocenters. The van der Waals surface area contributed by atoms with Gasteiger partial charge in [-0.2, -0.15) is 0 Å². The summed E-state index contributed by atoms with van der Waals surface area (Å²) in [5.74, 6) is -4.76. The third kappa shape index (κ3) is 12.6. The number of unbranched alkanes of at least 4 members (excludes halogenated alkanes) is 1. The lowest BCUT2D eigenvalue weighted by molar-refractivity contribution is -0.139. The van der Waals surface area contributed by atoms with Crippen molar-refractivity contribution in [1.82, 2.24) is 21.3 Å². The van der Waals surface area contributed by atoms with E-state index in [4.69, 9.17) is 17.2 Å². The lowest BCUT2D eigenvalue weighted by atomic mass is 10.0. The van der Waals surface area contributed by atoms with Crippen molar-refractivity contribution in [3.63, 3.8) is 0 Å². The van der Waals surface area contributed by atoms with E-state index in [0.717, 1.165) is 0 Å². The Balaban J connectivity index is 3.12. The first-order valence-corrected chi connectivity index (χ1v) is 13.9. The number of phenolic OH excluding ortho intramolecular Hbond substituents is 1. The normalized spacial score (nSPS) is 14.5. The van der Waals surface area contributed by atoms with Crippen LogP contribution >= 0.6 is 0 Å². The number of phenols is 1. The van der Waals surface area contributed by atoms with Crippen molar-refractivity contribution in [1.29, 1.82) is 0 Å². The highest BCUT2D eigenvalue weighted by Gasteiger charge is 2.31. The summed E-state index contributed by atoms with van der Waals surface area (Å²) in [6, 6.07) is 0.570. The average molecular weight is 592 g/mol. The molecule has 11 N–H and O–H groups in total. The van der Waals surface area contributed by atoms with Crippen LogP contribution in [0.3, 0.4) is 0 Å². The summed E-state index contributed by atoms with van der Waals surface area (Å²) in [6.45, 7) is 6.98. The molecule has 0 aromatic heterocycles. The number of benzene rings is 1. The number of rotatable bonds is 18. The van der Waals surface area contributed by atoms with Crippen molar-refractivity contribution in [2.75, 3.05) is 6.54 Å². The topological polar surface area (TPSA) is 249 Å². The maximum absolute atomic E-state index is 13.3. The molecule has 0 bridgehead atoms. The van der Waals surface area contributed by atoms with Crippen LogP contribution in [-0.4, -0.2) is 77.2 Å². The van der Waals surface area contributed by atoms with Crippen molar-refractivity contribution in [2.45, 2.75) is 90.0 Å². The molecule has 0 radical (unpaired) electrons. The van der Waals surface area contributed by atoms with Crippen LogP contribution < -0.4 is 38.5 Å². The molecule has 0 saturated heterocycles. The summed E-state index contributed by atoms with van der Waals surface area (Å²) in [6.07, 6.45) is 1.35. The summed E-state index contributed by atoms with van der Waals surface area (Å²) >= 11 is 0. The molecule has 42 heavy (non-hydrogen) atoms. The molecule has 1 aromatic carbocycles. The predicted octanol–water partition coefficient (Wildman–Crippen LogP) is -1.53. The second-order valence-corrected chi connectivity index (χ2v) is 10.7. The fraction of sp³-hybridized carbons (Fsp3) is 0.571. The van der Waals surface area contributed by atoms with Gasteiger partial charge in [0.2, 0.25) is 29.4 Å². The molecule has 5 amide bonds. The molecule has 14 heteroatoms. The molecule has 14 nitrogen and oxygen atoms in total. The largest absolute Gasteiger partial charge is 0.508 e. The van der Waals surface area contributed by atoms with E-state index < -0.39 is 65.5 Å². The molecule has 0 spiro atoms. The summed E-state index contributed by atoms with van der Waals surface area (Å²) in [4.78, 5) is 75.5. The first kappa shape index (κ1) is 36.0. The maximum atomic E-state index is 13.3. The number of amides is 5. The molecule has 234 valence electrons. The number of hydrogen-bond donors (Lipinski definition) is 8. The number of carbonyl (C=O) groups is 6. The van der Waals surface area contributed by atoms with Crippen LogP contribution in [0.5, 0.6) is 5.75 Å². The number of hydrogen-bond acceptors (Lipinski definition) is 9. The van der Waals surface area contributed by atoms with Gasteiger partial charge in [-0.15, -0.1) is 0 Å². The Hall–Kier alpha value is -4.04. The number of primary amides is 1. The molecule has 1 rings (SSSR count). The Morgan fingerprint density at radius 1 is 0.762 bits per heavy atom. The molecule has 0 aliphatic rings. The van der Waals surface area contributed by atoms with E-state index in [-0.39, 0.29) is 24.5 Å². The van der Waals surface area contributed by atoms with Crippen LogP contribution in [-0.2, 0) is 35.2 Å². The number of ketones is 1. The van der Waals surface area contributed by atoms with Gasteiger partial charge in [-0.25, -0.2) is 0 Å². The van der Waals surface area contributed by atoms with Crippen LogP contribution in [0.25, 0.3) is 0 Å². The van der Waals surface area contributed by atoms with Gasteiger partial charge in [-0.3, -0.25) is 28.8 Å². The Kier molecular flexibility index (Phi) is 15.2. The van der Waals surface area contributed by atoms with Crippen molar-refractivity contribution in [2.24, 2.45) is 23.1 Å². The van der Waals surface area contributed by atoms with E-state index in [1.54, 1.807) is 12.1 Å². The first-order chi connectivity index (χ1) is 19.7. The number of nitrogens with one attached hydrogen (secondary N) is 4. The fourth-order valence-corrected chi connectivity index (χ4v) is 3.96. The van der Waals surface area contributed by atoms with Crippen LogP contribution in [0.4, 0.5) is 0 Å². The van der Waals surface area contributed by atoms with E-state index in [1.807, 2.05) is 13.8 Å². The van der Waals surface area contributed by atoms with Crippen molar-refractivity contribution < 1.29 is 33.9 Å². The van der Waals surface area contributed by atoms with Gasteiger partial charge in [0.05, 0.1) is 12.1 Å². The highest BCUT2D eigenvalue weighted by atomic mass is 16.3. The average Bonchev–Trinajstić information content (AvgIpc) is 2.91. The van der Waals surface area contributed by atoms with Crippen LogP contribution in [0.15, 0.2) is 24.3 Å². The molecule has 0 aliphatic heterocycles. The van der Waals surface area contributed by atoms with Crippen LogP contribution in [0.2, 0.25) is 0 Å². The van der Waals surface area contributed by atoms with Crippen LogP contribution in [0, 0.1) is 5.92 Å². The quantitative estimate of drug-likeness (QED) is 0.0727. The molecule has 0 heterocycles. The minimum absolute atomic E-state index is 0.000725. The van der Waals surface area contributed by atoms with Gasteiger partial charge in [0.25, 0.3) is 5.91 Å². The van der Waals surface area contributed by atoms with Crippen molar-refractivity contribution >= 4 is 35.3 Å². The molecule has 1 aromatic rings. The number of aromatic hydroxyl groups is 1. The monoisotopic (exact) mass is 591 g/mol. The zero-order valence-corrected chi connectivity index (χ0v) is 24.6. The Morgan fingerprint density at radius 3 is 1.83 bits per heavy atom. The maximum Gasteiger partial charge on any atom is 0.287 e. The summed E-state index contributed by atoms with van der Waals surface area (Å²) < 4.78 is 0. The third-order valence-electron chi connectivity index (χ3n) is 6.34. The van der Waals surface area contributed by atoms with Gasteiger partial charge in [-0.1, -0.05) is 26.0 Å². The molecule has 0 fully saturated rings. The highest BCUT2D eigenvalue weighted by Crippen LogP contribution is 2.13. The van der Waals surface area contributed by atoms with Gasteiger partial charge in [0.15, 0.2) is 0 Å². The highest BCUT2D eigenvalue weighted by molar-refractivity contribution is 6.37. The zero-order chi connectivity index (χ0) is 32.0. The number of carbonyl (C=O) groups excluding carboxylic acids is 6. The standard InChI is InChI=1S/C28H45N7O7/c1-15(2)13-21(34-25(39)16(3)30)27(41)32-17(4)26(40)35-22(14-18-8-10-19(36)11-9-18)28(42)33-20(7-5-6-12-29)23(37)24(31)38/h8-11,15-17,20-22,36H,5-7,12-14,29-30H2,1-4H3,(H2,31,38)(H,32,41)(H,33,42)(H,34,39)(H,35,40)/t16-,17-,20-,21-,22-/m0/s1. The van der Waals surface area contributed by atoms with Gasteiger partial charge in [0, 0.05) is 6.42 Å². The smallest absolute Gasteiger partial charge is 0.287 e. The van der Waals surface area contributed by atoms with E-state index in [1.165, 1.54) is 26.0 Å². The summed E-state index contributed by atoms with van der Waals surface area (Å²) in [5.41, 5.74) is 16.9. The van der Waals surface area contributed by atoms with E-state index in [9.17, 15) is 33.9 Å². The Labute approximate surface area is 245 Å². The van der Waals surface area contributed by atoms with Crippen molar-refractivity contribution in [3.8, 4) is 5.75 Å². The second kappa shape index (κ2) is 17.7. The zero-order valence-electron chi connectivity index (χ0n) is 24.6. The number of nitrogens with two attached hydrogens (primary N) is 3. The molecular formula is C28H45N7O7. The van der Waals surface area contributed by atoms with Gasteiger partial charge >= 0.3 is 0 Å². The SMILES string of the molecule is CC(C)C[C@H](NC(=O)[C@H](C)N)C(=O)N[C@@H](C)C(=O)N[C@@H](Cc1ccc(O)cc1)C(=O)N[C@@H](CCCCN)C(=O)C(N)=O. The Bertz CT molecular complexity index is 1090. The molecule has 0 saturated carbocycles. The lowest BCUT2D eigenvalue weighted by Crippen LogP contribution is -2.58. The van der Waals surface area contributed by atoms with Gasteiger partial charge < -0.3 is 43.6 Å². The first-order valence-electron chi connectivity index (χ1n) is 13.9. The van der Waals surface area contributed by atoms with E-state index >= 15 is 0 Å². The fourth-order valence-electron chi connectivity index (χ4n) is 3.96. The predicted molar refractivity (Wildman–Crippen MR) is 155 cm³/mol. The molecule has 0 aliphatic carbocycles. The van der Waals surface area contributed by atoms with Gasteiger partial charge in [-0.05, 0) is 69.7 Å². The lowest BCUT2D eigenvalue weighted by Gasteiger charge is -2.25. The summed E-state index contributed by atoms with van der Waals surface area (Å²) in [7, 11) is 0. The molecular weight excluding hydrogens is 546 g/mol. The Morgan fingerprint density at radius 2 is 1.31 bits per heavy atom. The minimum Gasteiger partial charge on any atom is -0.508 e. The van der Waals surface area contributed by atoms with E-state index in [2.05, 4.69) is 21.3 Å². The second-order valence-electron chi connectivity index (χ2n) is 10.7. The third-order valence-corrected chi connectivity index (χ3v) is 6.34. The summed E-state index contributed by atoms with van der Waals surface area (Å²) in [5, 5.41) is 19.8. The van der Waals surface area contributed by atoms with E-state index in [0.29, 0.717) is 31.4 Å². The van der Waals surface area contributed by atoms with Crippen molar-refractivity contribution in [3.05, 3.63) is 29.8 Å². The van der Waals surface area contributed by atoms with Crippen LogP contribution in [0.1, 0.15) is 58.9 Å². The molecule has 5 atom stereocenters. The van der Waals surface area contributed by atoms with Gasteiger partial charge in [0.1, 0.15) is 23.9 Å². The number of Topliss-reactive ketones (excluding diaryl/α,β-unsaturated/α-hetero) is 1. The minimum atomic E-state index is -1.23.